The number of hydrogen-bond acceptors (Lipinski definition) is 3. The smallest absolute Gasteiger partial charge is 0.221 e. The van der Waals surface area contributed by atoms with E-state index in [1.165, 1.54) is 12.5 Å². The lowest BCUT2D eigenvalue weighted by Crippen LogP contribution is -2.37. The molecule has 0 saturated carbocycles. The van der Waals surface area contributed by atoms with Gasteiger partial charge in [0, 0.05) is 24.3 Å². The summed E-state index contributed by atoms with van der Waals surface area (Å²) in [6, 6.07) is 6.37. The average molecular weight is 276 g/mol. The van der Waals surface area contributed by atoms with Crippen LogP contribution in [0.5, 0.6) is 0 Å². The maximum Gasteiger partial charge on any atom is 0.221 e. The van der Waals surface area contributed by atoms with Crippen LogP contribution in [0.2, 0.25) is 0 Å². The molecule has 1 saturated heterocycles. The quantitative estimate of drug-likeness (QED) is 0.890. The maximum atomic E-state index is 11.1. The lowest BCUT2D eigenvalue weighted by atomic mass is 9.99. The fourth-order valence-corrected chi connectivity index (χ4v) is 2.80. The van der Waals surface area contributed by atoms with Gasteiger partial charge in [-0.15, -0.1) is 0 Å². The van der Waals surface area contributed by atoms with E-state index in [2.05, 4.69) is 31.4 Å². The molecule has 2 N–H and O–H groups in total. The second kappa shape index (κ2) is 6.27. The first-order valence-electron chi connectivity index (χ1n) is 7.24. The zero-order chi connectivity index (χ0) is 14.7. The summed E-state index contributed by atoms with van der Waals surface area (Å²) in [5, 5.41) is 6.42. The van der Waals surface area contributed by atoms with E-state index in [1.807, 2.05) is 18.2 Å². The van der Waals surface area contributed by atoms with E-state index in [-0.39, 0.29) is 18.1 Å². The molecule has 0 aromatic heterocycles. The van der Waals surface area contributed by atoms with Crippen LogP contribution >= 0.6 is 0 Å². The molecule has 4 heteroatoms. The van der Waals surface area contributed by atoms with Crippen LogP contribution < -0.4 is 10.6 Å². The highest BCUT2D eigenvalue weighted by atomic mass is 16.5. The molecular formula is C16H24N2O2. The standard InChI is InChI=1S/C16H24N2O2/c1-10-5-6-14(17-13(4)19)9-16(10)18-15-7-11(2)20-12(3)8-15/h5-6,9,11-12,15,18H,7-8H2,1-4H3,(H,17,19). The minimum atomic E-state index is -0.0480. The summed E-state index contributed by atoms with van der Waals surface area (Å²) in [6.45, 7) is 7.83. The molecular weight excluding hydrogens is 252 g/mol. The van der Waals surface area contributed by atoms with Gasteiger partial charge in [-0.05, 0) is 51.3 Å². The van der Waals surface area contributed by atoms with Crippen molar-refractivity contribution in [2.45, 2.75) is 58.8 Å². The molecule has 1 fully saturated rings. The van der Waals surface area contributed by atoms with Gasteiger partial charge in [0.2, 0.25) is 5.91 Å². The van der Waals surface area contributed by atoms with Gasteiger partial charge in [-0.25, -0.2) is 0 Å². The van der Waals surface area contributed by atoms with Crippen LogP contribution in [0.25, 0.3) is 0 Å². The van der Waals surface area contributed by atoms with Gasteiger partial charge < -0.3 is 15.4 Å². The third-order valence-corrected chi connectivity index (χ3v) is 3.62. The van der Waals surface area contributed by atoms with Crippen LogP contribution in [0.1, 0.15) is 39.2 Å². The average Bonchev–Trinajstić information content (AvgIpc) is 2.31. The van der Waals surface area contributed by atoms with Gasteiger partial charge in [0.15, 0.2) is 0 Å². The van der Waals surface area contributed by atoms with E-state index in [4.69, 9.17) is 4.74 Å². The highest BCUT2D eigenvalue weighted by molar-refractivity contribution is 5.89. The van der Waals surface area contributed by atoms with Crippen LogP contribution in [0.3, 0.4) is 0 Å². The number of benzene rings is 1. The van der Waals surface area contributed by atoms with Crippen LogP contribution in [-0.4, -0.2) is 24.2 Å². The molecule has 0 radical (unpaired) electrons. The van der Waals surface area contributed by atoms with Gasteiger partial charge in [-0.1, -0.05) is 6.07 Å². The van der Waals surface area contributed by atoms with Crippen molar-refractivity contribution in [1.29, 1.82) is 0 Å². The number of ether oxygens (including phenoxy) is 1. The van der Waals surface area contributed by atoms with Crippen molar-refractivity contribution in [3.63, 3.8) is 0 Å². The number of aryl methyl sites for hydroxylation is 1. The van der Waals surface area contributed by atoms with Crippen molar-refractivity contribution in [3.05, 3.63) is 23.8 Å². The Labute approximate surface area is 120 Å². The predicted molar refractivity (Wildman–Crippen MR) is 82.1 cm³/mol. The largest absolute Gasteiger partial charge is 0.382 e. The molecule has 2 unspecified atom stereocenters. The van der Waals surface area contributed by atoms with Gasteiger partial charge in [0.25, 0.3) is 0 Å². The van der Waals surface area contributed by atoms with Crippen LogP contribution in [0.15, 0.2) is 18.2 Å². The van der Waals surface area contributed by atoms with Gasteiger partial charge in [0.05, 0.1) is 12.2 Å². The van der Waals surface area contributed by atoms with Gasteiger partial charge in [0.1, 0.15) is 0 Å². The Balaban J connectivity index is 2.09. The molecule has 1 aliphatic heterocycles. The summed E-state index contributed by atoms with van der Waals surface area (Å²) in [5.74, 6) is -0.0480. The predicted octanol–water partition coefficient (Wildman–Crippen LogP) is 3.32. The lowest BCUT2D eigenvalue weighted by molar-refractivity contribution is -0.114. The topological polar surface area (TPSA) is 50.4 Å². The first-order valence-corrected chi connectivity index (χ1v) is 7.24. The van der Waals surface area contributed by atoms with Crippen molar-refractivity contribution in [1.82, 2.24) is 0 Å². The van der Waals surface area contributed by atoms with E-state index < -0.39 is 0 Å². The van der Waals surface area contributed by atoms with E-state index in [1.54, 1.807) is 0 Å². The fourth-order valence-electron chi connectivity index (χ4n) is 2.80. The Hall–Kier alpha value is -1.55. The first kappa shape index (κ1) is 14.9. The van der Waals surface area contributed by atoms with Crippen molar-refractivity contribution >= 4 is 17.3 Å². The molecule has 0 spiro atoms. The van der Waals surface area contributed by atoms with Gasteiger partial charge in [-0.3, -0.25) is 4.79 Å². The lowest BCUT2D eigenvalue weighted by Gasteiger charge is -2.33. The summed E-state index contributed by atoms with van der Waals surface area (Å²) < 4.78 is 5.76. The molecule has 2 atom stereocenters. The highest BCUT2D eigenvalue weighted by Crippen LogP contribution is 2.26. The Bertz CT molecular complexity index is 477. The summed E-state index contributed by atoms with van der Waals surface area (Å²) in [7, 11) is 0. The normalized spacial score (nSPS) is 26.1. The second-order valence-corrected chi connectivity index (χ2v) is 5.78. The van der Waals surface area contributed by atoms with Gasteiger partial charge >= 0.3 is 0 Å². The number of nitrogens with one attached hydrogen (secondary N) is 2. The monoisotopic (exact) mass is 276 g/mol. The number of rotatable bonds is 3. The SMILES string of the molecule is CC(=O)Nc1ccc(C)c(NC2CC(C)OC(C)C2)c1. The zero-order valence-corrected chi connectivity index (χ0v) is 12.7. The molecule has 20 heavy (non-hydrogen) atoms. The van der Waals surface area contributed by atoms with E-state index in [0.717, 1.165) is 24.2 Å². The van der Waals surface area contributed by atoms with E-state index in [9.17, 15) is 4.79 Å². The van der Waals surface area contributed by atoms with Gasteiger partial charge in [-0.2, -0.15) is 0 Å². The third-order valence-electron chi connectivity index (χ3n) is 3.62. The third kappa shape index (κ3) is 3.97. The first-order chi connectivity index (χ1) is 9.44. The Morgan fingerprint density at radius 1 is 1.25 bits per heavy atom. The summed E-state index contributed by atoms with van der Waals surface area (Å²) >= 11 is 0. The van der Waals surface area contributed by atoms with Crippen molar-refractivity contribution < 1.29 is 9.53 Å². The minimum Gasteiger partial charge on any atom is -0.382 e. The molecule has 1 heterocycles. The Morgan fingerprint density at radius 3 is 2.50 bits per heavy atom. The molecule has 1 amide bonds. The van der Waals surface area contributed by atoms with Crippen LogP contribution in [-0.2, 0) is 9.53 Å². The number of amides is 1. The van der Waals surface area contributed by atoms with Crippen LogP contribution in [0.4, 0.5) is 11.4 Å². The molecule has 1 aliphatic rings. The number of carbonyl (C=O) groups excluding carboxylic acids is 1. The van der Waals surface area contributed by atoms with E-state index in [0.29, 0.717) is 6.04 Å². The summed E-state index contributed by atoms with van der Waals surface area (Å²) in [6.07, 6.45) is 2.59. The molecule has 4 nitrogen and oxygen atoms in total. The fraction of sp³-hybridized carbons (Fsp3) is 0.562. The molecule has 0 bridgehead atoms. The molecule has 1 aromatic carbocycles. The zero-order valence-electron chi connectivity index (χ0n) is 12.7. The Kier molecular flexibility index (Phi) is 4.65. The molecule has 2 rings (SSSR count). The number of hydrogen-bond donors (Lipinski definition) is 2. The number of carbonyl (C=O) groups is 1. The molecule has 110 valence electrons. The number of anilines is 2. The second-order valence-electron chi connectivity index (χ2n) is 5.78. The van der Waals surface area contributed by atoms with Crippen molar-refractivity contribution in [3.8, 4) is 0 Å². The van der Waals surface area contributed by atoms with Crippen LogP contribution in [0, 0.1) is 6.92 Å². The highest BCUT2D eigenvalue weighted by Gasteiger charge is 2.24. The van der Waals surface area contributed by atoms with E-state index >= 15 is 0 Å². The van der Waals surface area contributed by atoms with Crippen molar-refractivity contribution in [2.24, 2.45) is 0 Å². The maximum absolute atomic E-state index is 11.1. The summed E-state index contributed by atoms with van der Waals surface area (Å²) in [4.78, 5) is 11.1. The summed E-state index contributed by atoms with van der Waals surface area (Å²) in [5.41, 5.74) is 3.10. The van der Waals surface area contributed by atoms with Crippen molar-refractivity contribution in [2.75, 3.05) is 10.6 Å². The minimum absolute atomic E-state index is 0.0480. The molecule has 0 aliphatic carbocycles. The Morgan fingerprint density at radius 2 is 1.90 bits per heavy atom. The molecule has 1 aromatic rings.